The molecule has 36 heavy (non-hydrogen) atoms. The summed E-state index contributed by atoms with van der Waals surface area (Å²) in [4.78, 5) is 16.3. The normalized spacial score (nSPS) is 11.6. The van der Waals surface area contributed by atoms with E-state index in [1.54, 1.807) is 6.07 Å². The van der Waals surface area contributed by atoms with Gasteiger partial charge in [0.25, 0.3) is 0 Å². The van der Waals surface area contributed by atoms with Gasteiger partial charge in [-0.1, -0.05) is 35.3 Å². The van der Waals surface area contributed by atoms with Crippen LogP contribution in [-0.4, -0.2) is 26.2 Å². The first-order chi connectivity index (χ1) is 17.1. The molecule has 0 spiro atoms. The molecule has 0 radical (unpaired) electrons. The van der Waals surface area contributed by atoms with Crippen molar-refractivity contribution in [2.45, 2.75) is 6.18 Å². The molecule has 2 heterocycles. The van der Waals surface area contributed by atoms with E-state index in [9.17, 15) is 22.0 Å². The summed E-state index contributed by atoms with van der Waals surface area (Å²) in [5.74, 6) is -2.50. The zero-order chi connectivity index (χ0) is 25.9. The van der Waals surface area contributed by atoms with Crippen LogP contribution in [-0.2, 0) is 6.18 Å². The van der Waals surface area contributed by atoms with Gasteiger partial charge >= 0.3 is 6.18 Å². The minimum Gasteiger partial charge on any atom is -0.323 e. The first kappa shape index (κ1) is 25.2. The number of anilines is 3. The topological polar surface area (TPSA) is 88.0 Å². The van der Waals surface area contributed by atoms with Crippen LogP contribution in [0.5, 0.6) is 0 Å². The average molecular weight is 540 g/mol. The molecular weight excluding hydrogens is 528 g/mol. The summed E-state index contributed by atoms with van der Waals surface area (Å²) in [6, 6.07) is 9.46. The van der Waals surface area contributed by atoms with Gasteiger partial charge in [0, 0.05) is 0 Å². The van der Waals surface area contributed by atoms with Crippen LogP contribution in [0.15, 0.2) is 59.8 Å². The Morgan fingerprint density at radius 2 is 1.67 bits per heavy atom. The van der Waals surface area contributed by atoms with Gasteiger partial charge in [-0.05, 0) is 42.0 Å². The lowest BCUT2D eigenvalue weighted by Crippen LogP contribution is -2.08. The minimum absolute atomic E-state index is 0.0324. The number of alkyl halides is 3. The van der Waals surface area contributed by atoms with Crippen molar-refractivity contribution in [3.63, 3.8) is 0 Å². The number of nitrogens with one attached hydrogen (secondary N) is 2. The highest BCUT2D eigenvalue weighted by Crippen LogP contribution is 2.32. The summed E-state index contributed by atoms with van der Waals surface area (Å²) in [6.45, 7) is 0. The smallest absolute Gasteiger partial charge is 0.323 e. The molecule has 4 rings (SSSR count). The molecule has 7 nitrogen and oxygen atoms in total. The van der Waals surface area contributed by atoms with Crippen LogP contribution >= 0.6 is 23.2 Å². The van der Waals surface area contributed by atoms with Crippen molar-refractivity contribution in [2.24, 2.45) is 5.10 Å². The van der Waals surface area contributed by atoms with Crippen molar-refractivity contribution in [1.29, 1.82) is 0 Å². The van der Waals surface area contributed by atoms with E-state index in [4.69, 9.17) is 23.2 Å². The maximum atomic E-state index is 14.5. The second-order valence-electron chi connectivity index (χ2n) is 7.00. The number of hydrazone groups is 1. The highest BCUT2D eigenvalue weighted by molar-refractivity contribution is 6.33. The maximum absolute atomic E-state index is 14.5. The summed E-state index contributed by atoms with van der Waals surface area (Å²) in [6.07, 6.45) is -2.36. The largest absolute Gasteiger partial charge is 0.419 e. The molecule has 2 aromatic carbocycles. The molecule has 0 saturated carbocycles. The van der Waals surface area contributed by atoms with Crippen molar-refractivity contribution >= 4 is 47.0 Å². The lowest BCUT2D eigenvalue weighted by atomic mass is 10.1. The number of aromatic nitrogens is 4. The molecule has 184 valence electrons. The first-order valence-corrected chi connectivity index (χ1v) is 10.6. The Labute approximate surface area is 210 Å². The Bertz CT molecular complexity index is 1410. The van der Waals surface area contributed by atoms with Crippen LogP contribution < -0.4 is 10.7 Å². The van der Waals surface area contributed by atoms with Crippen LogP contribution in [0, 0.1) is 11.6 Å². The van der Waals surface area contributed by atoms with E-state index in [1.165, 1.54) is 30.5 Å². The highest BCUT2D eigenvalue weighted by Gasteiger charge is 2.33. The molecule has 0 fully saturated rings. The van der Waals surface area contributed by atoms with Gasteiger partial charge in [-0.25, -0.2) is 19.2 Å². The zero-order valence-corrected chi connectivity index (χ0v) is 19.2. The van der Waals surface area contributed by atoms with E-state index < -0.39 is 23.4 Å². The molecule has 0 aliphatic carbocycles. The van der Waals surface area contributed by atoms with Crippen molar-refractivity contribution in [1.82, 2.24) is 19.9 Å². The lowest BCUT2D eigenvalue weighted by Gasteiger charge is -2.10. The fourth-order valence-electron chi connectivity index (χ4n) is 2.89. The molecule has 0 aliphatic rings. The molecule has 0 aliphatic heterocycles. The zero-order valence-electron chi connectivity index (χ0n) is 17.7. The van der Waals surface area contributed by atoms with Crippen LogP contribution in [0.4, 0.5) is 39.5 Å². The molecular formula is C22H12Cl2F5N7. The second-order valence-corrected chi connectivity index (χ2v) is 7.80. The molecule has 2 aromatic heterocycles. The molecule has 0 saturated heterocycles. The van der Waals surface area contributed by atoms with E-state index in [-0.39, 0.29) is 39.0 Å². The molecule has 0 unspecified atom stereocenters. The van der Waals surface area contributed by atoms with Crippen molar-refractivity contribution in [2.75, 3.05) is 10.7 Å². The molecule has 14 heteroatoms. The summed E-state index contributed by atoms with van der Waals surface area (Å²) in [5, 5.41) is 6.98. The van der Waals surface area contributed by atoms with E-state index in [2.05, 4.69) is 35.8 Å². The molecule has 0 atom stereocenters. The maximum Gasteiger partial charge on any atom is 0.419 e. The van der Waals surface area contributed by atoms with Gasteiger partial charge < -0.3 is 5.32 Å². The number of benzene rings is 2. The van der Waals surface area contributed by atoms with E-state index in [0.717, 1.165) is 12.3 Å². The summed E-state index contributed by atoms with van der Waals surface area (Å²) in [7, 11) is 0. The van der Waals surface area contributed by atoms with Crippen LogP contribution in [0.1, 0.15) is 11.1 Å². The predicted octanol–water partition coefficient (Wildman–Crippen LogP) is 6.73. The number of pyridine rings is 1. The third-order valence-electron chi connectivity index (χ3n) is 4.48. The van der Waals surface area contributed by atoms with Crippen molar-refractivity contribution < 1.29 is 22.0 Å². The van der Waals surface area contributed by atoms with Gasteiger partial charge in [-0.15, -0.1) is 0 Å². The monoisotopic (exact) mass is 539 g/mol. The fraction of sp³-hybridized carbons (Fsp3) is 0.0455. The Hall–Kier alpha value is -3.90. The van der Waals surface area contributed by atoms with Gasteiger partial charge in [-0.3, -0.25) is 0 Å². The fourth-order valence-corrected chi connectivity index (χ4v) is 3.25. The summed E-state index contributed by atoms with van der Waals surface area (Å²) >= 11 is 11.9. The average Bonchev–Trinajstić information content (AvgIpc) is 2.80. The predicted molar refractivity (Wildman–Crippen MR) is 125 cm³/mol. The standard InChI is InChI=1S/C22H12Cl2F5N7/c23-14-2-1-3-15(25)18(14)19-33-20(32-12-5-7-17(24)30-10-12)35-21(34-19)36-31-9-11-4-6-13(16(26)8-11)22(27,28)29/h1-10H,(H2,32,33,34,35,36). The van der Waals surface area contributed by atoms with Gasteiger partial charge in [-0.2, -0.15) is 33.2 Å². The van der Waals surface area contributed by atoms with Crippen LogP contribution in [0.2, 0.25) is 10.2 Å². The summed E-state index contributed by atoms with van der Waals surface area (Å²) < 4.78 is 66.5. The number of halogens is 7. The SMILES string of the molecule is Fc1cc(C=NNc2nc(Nc3ccc(Cl)nc3)nc(-c3c(F)cccc3Cl)n2)ccc1C(F)(F)F. The summed E-state index contributed by atoms with van der Waals surface area (Å²) in [5.41, 5.74) is 1.44. The third kappa shape index (κ3) is 6.01. The van der Waals surface area contributed by atoms with Crippen molar-refractivity contribution in [3.05, 3.63) is 87.7 Å². The molecule has 0 bridgehead atoms. The number of nitrogens with zero attached hydrogens (tertiary/aromatic N) is 5. The Morgan fingerprint density at radius 3 is 2.33 bits per heavy atom. The second kappa shape index (κ2) is 10.4. The Kier molecular flexibility index (Phi) is 7.27. The molecule has 2 N–H and O–H groups in total. The Balaban J connectivity index is 1.65. The van der Waals surface area contributed by atoms with E-state index >= 15 is 0 Å². The Morgan fingerprint density at radius 1 is 0.889 bits per heavy atom. The van der Waals surface area contributed by atoms with Gasteiger partial charge in [0.1, 0.15) is 16.8 Å². The minimum atomic E-state index is -4.82. The van der Waals surface area contributed by atoms with Gasteiger partial charge in [0.15, 0.2) is 5.82 Å². The van der Waals surface area contributed by atoms with Crippen LogP contribution in [0.3, 0.4) is 0 Å². The number of hydrogen-bond acceptors (Lipinski definition) is 7. The molecule has 0 amide bonds. The van der Waals surface area contributed by atoms with E-state index in [1.807, 2.05) is 0 Å². The number of rotatable bonds is 6. The lowest BCUT2D eigenvalue weighted by molar-refractivity contribution is -0.140. The van der Waals surface area contributed by atoms with Crippen LogP contribution in [0.25, 0.3) is 11.4 Å². The highest BCUT2D eigenvalue weighted by atomic mass is 35.5. The number of hydrogen-bond donors (Lipinski definition) is 2. The first-order valence-electron chi connectivity index (χ1n) is 9.85. The molecule has 4 aromatic rings. The van der Waals surface area contributed by atoms with Gasteiger partial charge in [0.2, 0.25) is 11.9 Å². The quantitative estimate of drug-likeness (QED) is 0.122. The third-order valence-corrected chi connectivity index (χ3v) is 5.02. The van der Waals surface area contributed by atoms with Gasteiger partial charge in [0.05, 0.1) is 34.2 Å². The van der Waals surface area contributed by atoms with Crippen molar-refractivity contribution in [3.8, 4) is 11.4 Å². The van der Waals surface area contributed by atoms with E-state index in [0.29, 0.717) is 17.8 Å².